The van der Waals surface area contributed by atoms with Gasteiger partial charge in [-0.15, -0.1) is 0 Å². The topological polar surface area (TPSA) is 91.6 Å². The number of hydrogen-bond donors (Lipinski definition) is 2. The third-order valence-corrected chi connectivity index (χ3v) is 6.32. The molecule has 5 aromatic rings. The third kappa shape index (κ3) is 4.57. The number of carbonyl (C=O) groups is 1. The van der Waals surface area contributed by atoms with Crippen LogP contribution in [0.15, 0.2) is 94.7 Å². The van der Waals surface area contributed by atoms with Crippen LogP contribution in [0, 0.1) is 0 Å². The average Bonchev–Trinajstić information content (AvgIpc) is 3.33. The van der Waals surface area contributed by atoms with Crippen LogP contribution in [0.3, 0.4) is 0 Å². The summed E-state index contributed by atoms with van der Waals surface area (Å²) in [6.07, 6.45) is 3.82. The number of carbonyl (C=O) groups excluding carboxylic acids is 1. The van der Waals surface area contributed by atoms with Gasteiger partial charge < -0.3 is 5.32 Å². The Morgan fingerprint density at radius 3 is 2.32 bits per heavy atom. The molecule has 2 aromatic heterocycles. The van der Waals surface area contributed by atoms with Gasteiger partial charge >= 0.3 is 0 Å². The van der Waals surface area contributed by atoms with Crippen molar-refractivity contribution in [3.05, 3.63) is 107 Å². The zero-order valence-corrected chi connectivity index (χ0v) is 21.2. The molecule has 0 aliphatic carbocycles. The van der Waals surface area contributed by atoms with E-state index in [1.54, 1.807) is 0 Å². The van der Waals surface area contributed by atoms with E-state index >= 15 is 0 Å². The summed E-state index contributed by atoms with van der Waals surface area (Å²) in [6.45, 7) is 7.12. The Balaban J connectivity index is 1.85. The van der Waals surface area contributed by atoms with Crippen molar-refractivity contribution in [2.45, 2.75) is 20.4 Å². The highest BCUT2D eigenvalue weighted by Gasteiger charge is 2.23. The second-order valence-corrected chi connectivity index (χ2v) is 8.83. The molecule has 5 rings (SSSR count). The number of rotatable bonds is 7. The summed E-state index contributed by atoms with van der Waals surface area (Å²) in [5.41, 5.74) is 6.76. The number of amides is 1. The number of benzene rings is 3. The normalized spacial score (nSPS) is 11.2. The highest BCUT2D eigenvalue weighted by Crippen LogP contribution is 2.35. The summed E-state index contributed by atoms with van der Waals surface area (Å²) in [7, 11) is 0. The maximum Gasteiger partial charge on any atom is 0.280 e. The molecule has 38 heavy (non-hydrogen) atoms. The fourth-order valence-corrected chi connectivity index (χ4v) is 4.60. The van der Waals surface area contributed by atoms with E-state index in [1.165, 1.54) is 11.4 Å². The zero-order valence-electron chi connectivity index (χ0n) is 21.2. The molecule has 0 aliphatic rings. The summed E-state index contributed by atoms with van der Waals surface area (Å²) in [6, 6.07) is 25.2. The number of nitrogens with one attached hydrogen (secondary N) is 2. The van der Waals surface area contributed by atoms with Crippen LogP contribution in [0.25, 0.3) is 45.2 Å². The van der Waals surface area contributed by atoms with E-state index in [1.807, 2.05) is 97.9 Å². The predicted octanol–water partition coefficient (Wildman–Crippen LogP) is 6.02. The quantitative estimate of drug-likeness (QED) is 0.267. The van der Waals surface area contributed by atoms with Crippen molar-refractivity contribution < 1.29 is 4.79 Å². The predicted molar refractivity (Wildman–Crippen MR) is 154 cm³/mol. The van der Waals surface area contributed by atoms with Crippen LogP contribution in [-0.2, 0) is 11.3 Å². The number of aromatic nitrogens is 3. The van der Waals surface area contributed by atoms with Gasteiger partial charge in [0.1, 0.15) is 0 Å². The van der Waals surface area contributed by atoms with E-state index in [-0.39, 0.29) is 18.0 Å². The maximum atomic E-state index is 14.2. The van der Waals surface area contributed by atoms with E-state index in [0.717, 1.165) is 27.9 Å². The van der Waals surface area contributed by atoms with Gasteiger partial charge in [0.2, 0.25) is 5.91 Å². The van der Waals surface area contributed by atoms with Crippen molar-refractivity contribution in [3.63, 3.8) is 0 Å². The fourth-order valence-electron chi connectivity index (χ4n) is 4.60. The molecular formula is C31H27N5O2. The minimum atomic E-state index is -0.263. The van der Waals surface area contributed by atoms with Crippen molar-refractivity contribution in [2.75, 3.05) is 0 Å². The van der Waals surface area contributed by atoms with Crippen molar-refractivity contribution in [2.24, 2.45) is 4.99 Å². The number of nitrogens with zero attached hydrogens (tertiary/aromatic N) is 3. The standard InChI is InChI=1S/C31H27N5O2/c1-4-11-23-18-24(16-17-25(23)32-3)27-26(19-33-20(2)37)34-30-28(21-12-7-5-8-13-21)29(35-36(30)31(27)38)22-14-9-6-10-15-22/h4-18,35H,3,19H2,1-2H3,(H,33,37)/b11-4-. The third-order valence-electron chi connectivity index (χ3n) is 6.32. The molecule has 0 unspecified atom stereocenters. The Bertz CT molecular complexity index is 1730. The van der Waals surface area contributed by atoms with Gasteiger partial charge in [-0.25, -0.2) is 4.98 Å². The number of aromatic amines is 1. The molecule has 3 aromatic carbocycles. The Morgan fingerprint density at radius 2 is 1.68 bits per heavy atom. The summed E-state index contributed by atoms with van der Waals surface area (Å²) < 4.78 is 1.49. The monoisotopic (exact) mass is 501 g/mol. The van der Waals surface area contributed by atoms with Gasteiger partial charge in [-0.3, -0.25) is 19.7 Å². The molecule has 1 amide bonds. The van der Waals surface area contributed by atoms with Crippen LogP contribution in [0.1, 0.15) is 25.1 Å². The lowest BCUT2D eigenvalue weighted by Crippen LogP contribution is -2.25. The first-order valence-electron chi connectivity index (χ1n) is 12.3. The first-order valence-corrected chi connectivity index (χ1v) is 12.3. The van der Waals surface area contributed by atoms with Gasteiger partial charge in [-0.1, -0.05) is 78.9 Å². The molecule has 0 spiro atoms. The average molecular weight is 502 g/mol. The van der Waals surface area contributed by atoms with Gasteiger partial charge in [-0.2, -0.15) is 4.52 Å². The second kappa shape index (κ2) is 10.5. The van der Waals surface area contributed by atoms with Crippen molar-refractivity contribution in [1.29, 1.82) is 0 Å². The van der Waals surface area contributed by atoms with Crippen LogP contribution < -0.4 is 10.9 Å². The lowest BCUT2D eigenvalue weighted by Gasteiger charge is -2.12. The number of aliphatic imine (C=N–C) groups is 1. The lowest BCUT2D eigenvalue weighted by atomic mass is 9.99. The molecule has 0 atom stereocenters. The molecule has 0 radical (unpaired) electrons. The second-order valence-electron chi connectivity index (χ2n) is 8.83. The lowest BCUT2D eigenvalue weighted by molar-refractivity contribution is -0.119. The number of hydrogen-bond acceptors (Lipinski definition) is 4. The van der Waals surface area contributed by atoms with Crippen molar-refractivity contribution >= 4 is 30.0 Å². The molecule has 0 saturated heterocycles. The first-order chi connectivity index (χ1) is 18.5. The van der Waals surface area contributed by atoms with Crippen LogP contribution >= 0.6 is 0 Å². The van der Waals surface area contributed by atoms with Crippen LogP contribution in [-0.4, -0.2) is 27.2 Å². The van der Waals surface area contributed by atoms with Gasteiger partial charge in [0, 0.05) is 18.1 Å². The summed E-state index contributed by atoms with van der Waals surface area (Å²) in [5, 5.41) is 6.15. The Labute approximate surface area is 220 Å². The number of H-pyrrole nitrogens is 1. The first kappa shape index (κ1) is 24.6. The minimum absolute atomic E-state index is 0.108. The van der Waals surface area contributed by atoms with Crippen molar-refractivity contribution in [3.8, 4) is 33.5 Å². The van der Waals surface area contributed by atoms with Crippen molar-refractivity contribution in [1.82, 2.24) is 19.9 Å². The molecule has 188 valence electrons. The molecule has 2 N–H and O–H groups in total. The SMILES string of the molecule is C=Nc1ccc(-c2c(CNC(C)=O)nc3c(-c4ccccc4)c(-c4ccccc4)[nH]n3c2=O)cc1/C=C\C. The van der Waals surface area contributed by atoms with E-state index in [4.69, 9.17) is 4.98 Å². The van der Waals surface area contributed by atoms with E-state index in [2.05, 4.69) is 22.1 Å². The Kier molecular flexibility index (Phi) is 6.82. The molecular weight excluding hydrogens is 474 g/mol. The fraction of sp³-hybridized carbons (Fsp3) is 0.0968. The summed E-state index contributed by atoms with van der Waals surface area (Å²) in [5.74, 6) is -0.207. The van der Waals surface area contributed by atoms with Gasteiger partial charge in [0.25, 0.3) is 5.56 Å². The Morgan fingerprint density at radius 1 is 1.00 bits per heavy atom. The number of fused-ring (bicyclic) bond motifs is 1. The van der Waals surface area contributed by atoms with Crippen LogP contribution in [0.2, 0.25) is 0 Å². The summed E-state index contributed by atoms with van der Waals surface area (Å²) in [4.78, 5) is 35.1. The highest BCUT2D eigenvalue weighted by atomic mass is 16.1. The van der Waals surface area contributed by atoms with Gasteiger partial charge in [0.05, 0.1) is 34.7 Å². The summed E-state index contributed by atoms with van der Waals surface area (Å²) >= 11 is 0. The van der Waals surface area contributed by atoms with E-state index in [0.29, 0.717) is 28.2 Å². The highest BCUT2D eigenvalue weighted by molar-refractivity contribution is 5.91. The molecule has 0 saturated carbocycles. The minimum Gasteiger partial charge on any atom is -0.351 e. The van der Waals surface area contributed by atoms with Gasteiger partial charge in [-0.05, 0) is 36.9 Å². The van der Waals surface area contributed by atoms with Gasteiger partial charge in [0.15, 0.2) is 5.65 Å². The largest absolute Gasteiger partial charge is 0.351 e. The molecule has 0 fully saturated rings. The Hall–Kier alpha value is -5.04. The van der Waals surface area contributed by atoms with E-state index in [9.17, 15) is 9.59 Å². The maximum absolute atomic E-state index is 14.2. The molecule has 7 heteroatoms. The van der Waals surface area contributed by atoms with Crippen LogP contribution in [0.4, 0.5) is 5.69 Å². The molecule has 0 bridgehead atoms. The molecule has 0 aliphatic heterocycles. The molecule has 7 nitrogen and oxygen atoms in total. The van der Waals surface area contributed by atoms with Crippen LogP contribution in [0.5, 0.6) is 0 Å². The zero-order chi connectivity index (χ0) is 26.6. The number of allylic oxidation sites excluding steroid dienone is 1. The van der Waals surface area contributed by atoms with E-state index < -0.39 is 0 Å². The smallest absolute Gasteiger partial charge is 0.280 e. The molecule has 2 heterocycles.